The van der Waals surface area contributed by atoms with Crippen LogP contribution in [0.1, 0.15) is 61.2 Å². The molecule has 1 aromatic rings. The van der Waals surface area contributed by atoms with E-state index in [0.29, 0.717) is 24.4 Å². The van der Waals surface area contributed by atoms with Gasteiger partial charge < -0.3 is 9.32 Å². The molecule has 0 radical (unpaired) electrons. The lowest BCUT2D eigenvalue weighted by Gasteiger charge is -2.34. The van der Waals surface area contributed by atoms with Crippen LogP contribution in [0.15, 0.2) is 27.4 Å². The summed E-state index contributed by atoms with van der Waals surface area (Å²) in [5.74, 6) is 0.648. The zero-order valence-electron chi connectivity index (χ0n) is 15.9. The van der Waals surface area contributed by atoms with Gasteiger partial charge in [-0.2, -0.15) is 0 Å². The van der Waals surface area contributed by atoms with E-state index in [9.17, 15) is 9.59 Å². The molecule has 2 heterocycles. The first-order valence-corrected chi connectivity index (χ1v) is 9.14. The fraction of sp³-hybridized carbons (Fsp3) is 0.600. The fourth-order valence-electron chi connectivity index (χ4n) is 3.36. The second-order valence-corrected chi connectivity index (χ2v) is 7.21. The number of amides is 1. The van der Waals surface area contributed by atoms with Gasteiger partial charge in [-0.1, -0.05) is 32.4 Å². The standard InChI is InChI=1S/C20H30N2O3/c1-6-7-15(4)17-12-16(5)18(20(24)25-17)19(23)22-10-8-21(9-11-22)13-14(2)3/h12,15H,2,6-11,13H2,1,3-5H3. The molecule has 5 nitrogen and oxygen atoms in total. The summed E-state index contributed by atoms with van der Waals surface area (Å²) < 4.78 is 5.46. The Morgan fingerprint density at radius 2 is 1.96 bits per heavy atom. The highest BCUT2D eigenvalue weighted by Crippen LogP contribution is 2.21. The predicted molar refractivity (Wildman–Crippen MR) is 100 cm³/mol. The largest absolute Gasteiger partial charge is 0.427 e. The second-order valence-electron chi connectivity index (χ2n) is 7.21. The number of nitrogens with zero attached hydrogens (tertiary/aromatic N) is 2. The Morgan fingerprint density at radius 1 is 1.32 bits per heavy atom. The van der Waals surface area contributed by atoms with E-state index in [1.54, 1.807) is 4.90 Å². The molecule has 1 aliphatic rings. The summed E-state index contributed by atoms with van der Waals surface area (Å²) >= 11 is 0. The third kappa shape index (κ3) is 4.82. The highest BCUT2D eigenvalue weighted by Gasteiger charge is 2.26. The van der Waals surface area contributed by atoms with Crippen LogP contribution in [0, 0.1) is 6.92 Å². The van der Waals surface area contributed by atoms with Crippen LogP contribution in [0.5, 0.6) is 0 Å². The molecule has 0 spiro atoms. The Bertz CT molecular complexity index is 685. The molecule has 1 amide bonds. The van der Waals surface area contributed by atoms with E-state index >= 15 is 0 Å². The monoisotopic (exact) mass is 346 g/mol. The van der Waals surface area contributed by atoms with Crippen LogP contribution >= 0.6 is 0 Å². The molecule has 1 atom stereocenters. The number of carbonyl (C=O) groups is 1. The van der Waals surface area contributed by atoms with E-state index in [1.165, 1.54) is 0 Å². The predicted octanol–water partition coefficient (Wildman–Crippen LogP) is 3.19. The van der Waals surface area contributed by atoms with Gasteiger partial charge in [-0.15, -0.1) is 0 Å². The summed E-state index contributed by atoms with van der Waals surface area (Å²) in [5.41, 5.74) is 1.50. The average molecular weight is 346 g/mol. The molecular weight excluding hydrogens is 316 g/mol. The fourth-order valence-corrected chi connectivity index (χ4v) is 3.36. The van der Waals surface area contributed by atoms with Gasteiger partial charge in [0.1, 0.15) is 11.3 Å². The van der Waals surface area contributed by atoms with Gasteiger partial charge in [0.2, 0.25) is 0 Å². The summed E-state index contributed by atoms with van der Waals surface area (Å²) in [7, 11) is 0. The molecule has 5 heteroatoms. The van der Waals surface area contributed by atoms with Crippen LogP contribution in [0.25, 0.3) is 0 Å². The molecule has 1 saturated heterocycles. The number of piperazine rings is 1. The molecule has 25 heavy (non-hydrogen) atoms. The normalized spacial score (nSPS) is 16.7. The van der Waals surface area contributed by atoms with E-state index in [-0.39, 0.29) is 17.4 Å². The van der Waals surface area contributed by atoms with Gasteiger partial charge in [0, 0.05) is 38.6 Å². The SMILES string of the molecule is C=C(C)CN1CCN(C(=O)c2c(C)cc(C(C)CCC)oc2=O)CC1. The molecule has 1 aliphatic heterocycles. The van der Waals surface area contributed by atoms with Crippen LogP contribution < -0.4 is 5.63 Å². The van der Waals surface area contributed by atoms with E-state index < -0.39 is 5.63 Å². The lowest BCUT2D eigenvalue weighted by molar-refractivity contribution is 0.0642. The molecule has 0 bridgehead atoms. The Morgan fingerprint density at radius 3 is 2.48 bits per heavy atom. The minimum atomic E-state index is -0.507. The first-order valence-electron chi connectivity index (χ1n) is 9.14. The van der Waals surface area contributed by atoms with Crippen molar-refractivity contribution < 1.29 is 9.21 Å². The minimum absolute atomic E-state index is 0.181. The first kappa shape index (κ1) is 19.4. The van der Waals surface area contributed by atoms with E-state index in [4.69, 9.17) is 4.42 Å². The quantitative estimate of drug-likeness (QED) is 0.742. The highest BCUT2D eigenvalue weighted by molar-refractivity contribution is 5.95. The van der Waals surface area contributed by atoms with Crippen LogP contribution in [0.4, 0.5) is 0 Å². The average Bonchev–Trinajstić information content (AvgIpc) is 2.54. The van der Waals surface area contributed by atoms with Crippen LogP contribution in [-0.2, 0) is 0 Å². The van der Waals surface area contributed by atoms with Crippen molar-refractivity contribution in [3.8, 4) is 0 Å². The van der Waals surface area contributed by atoms with E-state index in [0.717, 1.165) is 38.0 Å². The second kappa shape index (κ2) is 8.48. The van der Waals surface area contributed by atoms with Crippen molar-refractivity contribution in [1.82, 2.24) is 9.80 Å². The summed E-state index contributed by atoms with van der Waals surface area (Å²) in [6.07, 6.45) is 1.99. The molecule has 0 saturated carbocycles. The summed E-state index contributed by atoms with van der Waals surface area (Å²) in [5, 5.41) is 0. The summed E-state index contributed by atoms with van der Waals surface area (Å²) in [6, 6.07) is 1.85. The lowest BCUT2D eigenvalue weighted by Crippen LogP contribution is -2.49. The summed E-state index contributed by atoms with van der Waals surface area (Å²) in [4.78, 5) is 29.3. The highest BCUT2D eigenvalue weighted by atomic mass is 16.4. The maximum absolute atomic E-state index is 12.8. The van der Waals surface area contributed by atoms with Crippen molar-refractivity contribution in [3.63, 3.8) is 0 Å². The maximum atomic E-state index is 12.8. The lowest BCUT2D eigenvalue weighted by atomic mass is 10.00. The van der Waals surface area contributed by atoms with Crippen LogP contribution in [-0.4, -0.2) is 48.4 Å². The zero-order valence-corrected chi connectivity index (χ0v) is 15.9. The Kier molecular flexibility index (Phi) is 6.59. The van der Waals surface area contributed by atoms with E-state index in [1.807, 2.05) is 26.8 Å². The number of carbonyl (C=O) groups excluding carboxylic acids is 1. The third-order valence-electron chi connectivity index (χ3n) is 4.74. The molecule has 2 rings (SSSR count). The topological polar surface area (TPSA) is 53.8 Å². The van der Waals surface area contributed by atoms with Crippen molar-refractivity contribution >= 4 is 5.91 Å². The Balaban J connectivity index is 2.12. The molecule has 0 aliphatic carbocycles. The van der Waals surface area contributed by atoms with Gasteiger partial charge in [0.15, 0.2) is 0 Å². The number of hydrogen-bond acceptors (Lipinski definition) is 4. The molecule has 0 N–H and O–H groups in total. The number of hydrogen-bond donors (Lipinski definition) is 0. The van der Waals surface area contributed by atoms with Gasteiger partial charge in [-0.05, 0) is 31.9 Å². The van der Waals surface area contributed by atoms with Gasteiger partial charge in [0.25, 0.3) is 5.91 Å². The van der Waals surface area contributed by atoms with E-state index in [2.05, 4.69) is 18.4 Å². The number of rotatable bonds is 6. The first-order chi connectivity index (χ1) is 11.8. The Hall–Kier alpha value is -1.88. The van der Waals surface area contributed by atoms with Crippen molar-refractivity contribution in [2.75, 3.05) is 32.7 Å². The molecule has 1 unspecified atom stereocenters. The van der Waals surface area contributed by atoms with Crippen molar-refractivity contribution in [2.45, 2.75) is 46.5 Å². The molecular formula is C20H30N2O3. The number of aryl methyl sites for hydroxylation is 1. The van der Waals surface area contributed by atoms with Crippen molar-refractivity contribution in [2.24, 2.45) is 0 Å². The maximum Gasteiger partial charge on any atom is 0.349 e. The molecule has 1 fully saturated rings. The van der Waals surface area contributed by atoms with Crippen molar-refractivity contribution in [3.05, 3.63) is 45.5 Å². The van der Waals surface area contributed by atoms with Gasteiger partial charge in [-0.25, -0.2) is 4.79 Å². The van der Waals surface area contributed by atoms with Gasteiger partial charge in [0.05, 0.1) is 0 Å². The van der Waals surface area contributed by atoms with Gasteiger partial charge in [-0.3, -0.25) is 9.69 Å². The summed E-state index contributed by atoms with van der Waals surface area (Å²) in [6.45, 7) is 15.6. The molecule has 1 aromatic heterocycles. The zero-order chi connectivity index (χ0) is 18.6. The van der Waals surface area contributed by atoms with Crippen LogP contribution in [0.2, 0.25) is 0 Å². The third-order valence-corrected chi connectivity index (χ3v) is 4.74. The smallest absolute Gasteiger partial charge is 0.349 e. The van der Waals surface area contributed by atoms with Crippen LogP contribution in [0.3, 0.4) is 0 Å². The Labute approximate surface area is 150 Å². The molecule has 0 aromatic carbocycles. The van der Waals surface area contributed by atoms with Gasteiger partial charge >= 0.3 is 5.63 Å². The molecule has 138 valence electrons. The van der Waals surface area contributed by atoms with Crippen molar-refractivity contribution in [1.29, 1.82) is 0 Å². The minimum Gasteiger partial charge on any atom is -0.427 e.